The Bertz CT molecular complexity index is 577. The summed E-state index contributed by atoms with van der Waals surface area (Å²) in [6.45, 7) is 1.98. The Balaban J connectivity index is 2.30. The van der Waals surface area contributed by atoms with E-state index >= 15 is 0 Å². The third kappa shape index (κ3) is 2.97. The number of hydrogen-bond acceptors (Lipinski definition) is 3. The second-order valence-corrected chi connectivity index (χ2v) is 4.82. The molecule has 18 heavy (non-hydrogen) atoms. The van der Waals surface area contributed by atoms with Gasteiger partial charge in [-0.2, -0.15) is 0 Å². The first-order chi connectivity index (χ1) is 8.60. The van der Waals surface area contributed by atoms with Crippen LogP contribution in [0.1, 0.15) is 12.6 Å². The Morgan fingerprint density at radius 2 is 2.22 bits per heavy atom. The van der Waals surface area contributed by atoms with Gasteiger partial charge in [-0.05, 0) is 40.5 Å². The zero-order chi connectivity index (χ0) is 13.1. The molecule has 0 aliphatic carbocycles. The summed E-state index contributed by atoms with van der Waals surface area (Å²) in [6.07, 6.45) is 2.32. The van der Waals surface area contributed by atoms with Crippen LogP contribution in [-0.4, -0.2) is 9.97 Å². The molecule has 0 saturated carbocycles. The van der Waals surface area contributed by atoms with Crippen molar-refractivity contribution < 1.29 is 4.39 Å². The third-order valence-corrected chi connectivity index (χ3v) is 3.02. The van der Waals surface area contributed by atoms with Crippen LogP contribution in [0.4, 0.5) is 15.9 Å². The van der Waals surface area contributed by atoms with Gasteiger partial charge >= 0.3 is 0 Å². The highest BCUT2D eigenvalue weighted by molar-refractivity contribution is 9.10. The monoisotopic (exact) mass is 329 g/mol. The summed E-state index contributed by atoms with van der Waals surface area (Å²) in [5, 5.41) is 3.12. The lowest BCUT2D eigenvalue weighted by Crippen LogP contribution is -2.01. The fourth-order valence-electron chi connectivity index (χ4n) is 1.46. The molecule has 0 fully saturated rings. The smallest absolute Gasteiger partial charge is 0.152 e. The van der Waals surface area contributed by atoms with Crippen molar-refractivity contribution in [3.63, 3.8) is 0 Å². The Kier molecular flexibility index (Phi) is 4.14. The quantitative estimate of drug-likeness (QED) is 0.910. The van der Waals surface area contributed by atoms with E-state index in [1.807, 2.05) is 6.92 Å². The van der Waals surface area contributed by atoms with E-state index in [1.54, 1.807) is 12.3 Å². The minimum atomic E-state index is -0.468. The first-order valence-electron chi connectivity index (χ1n) is 5.33. The Labute approximate surface area is 118 Å². The van der Waals surface area contributed by atoms with E-state index in [2.05, 4.69) is 31.2 Å². The van der Waals surface area contributed by atoms with Gasteiger partial charge in [0, 0.05) is 5.69 Å². The highest BCUT2D eigenvalue weighted by Gasteiger charge is 2.07. The lowest BCUT2D eigenvalue weighted by Gasteiger charge is -2.09. The molecule has 0 aliphatic rings. The van der Waals surface area contributed by atoms with Crippen molar-refractivity contribution in [1.29, 1.82) is 0 Å². The van der Waals surface area contributed by atoms with Gasteiger partial charge in [-0.3, -0.25) is 0 Å². The van der Waals surface area contributed by atoms with Crippen molar-refractivity contribution >= 4 is 39.0 Å². The van der Waals surface area contributed by atoms with E-state index in [0.717, 1.165) is 12.1 Å². The van der Waals surface area contributed by atoms with E-state index < -0.39 is 5.82 Å². The maximum Gasteiger partial charge on any atom is 0.152 e. The fourth-order valence-corrected chi connectivity index (χ4v) is 1.90. The predicted octanol–water partition coefficient (Wildman–Crippen LogP) is 4.34. The Morgan fingerprint density at radius 1 is 1.44 bits per heavy atom. The van der Waals surface area contributed by atoms with E-state index in [0.29, 0.717) is 16.1 Å². The number of rotatable bonds is 3. The Morgan fingerprint density at radius 3 is 2.89 bits per heavy atom. The Hall–Kier alpha value is -1.20. The van der Waals surface area contributed by atoms with Crippen molar-refractivity contribution in [2.24, 2.45) is 0 Å². The number of nitrogens with one attached hydrogen (secondary N) is 1. The van der Waals surface area contributed by atoms with Crippen LogP contribution in [-0.2, 0) is 6.42 Å². The topological polar surface area (TPSA) is 37.8 Å². The number of anilines is 2. The summed E-state index contributed by atoms with van der Waals surface area (Å²) in [5.74, 6) is 0.146. The maximum absolute atomic E-state index is 13.3. The maximum atomic E-state index is 13.3. The standard InChI is InChI=1S/C12H10BrClFN3/c1-2-10-12(16-6-11(13)18-10)17-7-3-4-8(14)9(15)5-7/h3-6H,2H2,1H3,(H,16,17). The molecule has 0 amide bonds. The summed E-state index contributed by atoms with van der Waals surface area (Å²) >= 11 is 8.89. The zero-order valence-electron chi connectivity index (χ0n) is 9.54. The molecule has 0 saturated heterocycles. The molecule has 0 aliphatic heterocycles. The van der Waals surface area contributed by atoms with Gasteiger partial charge in [0.05, 0.1) is 16.9 Å². The average molecular weight is 331 g/mol. The van der Waals surface area contributed by atoms with Crippen LogP contribution in [0.5, 0.6) is 0 Å². The second-order valence-electron chi connectivity index (χ2n) is 3.60. The molecule has 1 heterocycles. The van der Waals surface area contributed by atoms with Crippen molar-refractivity contribution in [2.75, 3.05) is 5.32 Å². The van der Waals surface area contributed by atoms with Crippen LogP contribution in [0, 0.1) is 5.82 Å². The normalized spacial score (nSPS) is 10.4. The molecule has 0 spiro atoms. The molecule has 2 rings (SSSR count). The molecule has 0 unspecified atom stereocenters. The van der Waals surface area contributed by atoms with Crippen LogP contribution >= 0.6 is 27.5 Å². The second kappa shape index (κ2) is 5.63. The fraction of sp³-hybridized carbons (Fsp3) is 0.167. The first kappa shape index (κ1) is 13.2. The van der Waals surface area contributed by atoms with Crippen LogP contribution < -0.4 is 5.32 Å². The van der Waals surface area contributed by atoms with Crippen molar-refractivity contribution in [1.82, 2.24) is 9.97 Å². The molecular formula is C12H10BrClFN3. The number of aryl methyl sites for hydroxylation is 1. The van der Waals surface area contributed by atoms with Gasteiger partial charge in [-0.15, -0.1) is 0 Å². The largest absolute Gasteiger partial charge is 0.339 e. The van der Waals surface area contributed by atoms with Gasteiger partial charge in [0.25, 0.3) is 0 Å². The summed E-state index contributed by atoms with van der Waals surface area (Å²) in [7, 11) is 0. The molecule has 0 bridgehead atoms. The lowest BCUT2D eigenvalue weighted by molar-refractivity contribution is 0.629. The van der Waals surface area contributed by atoms with Gasteiger partial charge < -0.3 is 5.32 Å². The van der Waals surface area contributed by atoms with Gasteiger partial charge in [-0.1, -0.05) is 18.5 Å². The highest BCUT2D eigenvalue weighted by Crippen LogP contribution is 2.23. The van der Waals surface area contributed by atoms with E-state index in [-0.39, 0.29) is 5.02 Å². The van der Waals surface area contributed by atoms with Crippen LogP contribution in [0.2, 0.25) is 5.02 Å². The number of benzene rings is 1. The molecule has 6 heteroatoms. The number of aromatic nitrogens is 2. The van der Waals surface area contributed by atoms with E-state index in [4.69, 9.17) is 11.6 Å². The summed E-state index contributed by atoms with van der Waals surface area (Å²) in [4.78, 5) is 8.52. The van der Waals surface area contributed by atoms with Crippen molar-refractivity contribution in [3.8, 4) is 0 Å². The molecule has 94 valence electrons. The molecule has 3 nitrogen and oxygen atoms in total. The van der Waals surface area contributed by atoms with Crippen molar-refractivity contribution in [3.05, 3.63) is 45.5 Å². The molecule has 1 aromatic heterocycles. The summed E-state index contributed by atoms with van der Waals surface area (Å²) in [6, 6.07) is 4.51. The minimum absolute atomic E-state index is 0.0955. The van der Waals surface area contributed by atoms with Gasteiger partial charge in [0.2, 0.25) is 0 Å². The summed E-state index contributed by atoms with van der Waals surface area (Å²) < 4.78 is 14.0. The molecule has 2 aromatic rings. The van der Waals surface area contributed by atoms with Crippen molar-refractivity contribution in [2.45, 2.75) is 13.3 Å². The number of halogens is 3. The lowest BCUT2D eigenvalue weighted by atomic mass is 10.3. The van der Waals surface area contributed by atoms with E-state index in [1.165, 1.54) is 12.1 Å². The van der Waals surface area contributed by atoms with E-state index in [9.17, 15) is 4.39 Å². The molecule has 0 atom stereocenters. The molecule has 1 N–H and O–H groups in total. The third-order valence-electron chi connectivity index (χ3n) is 2.33. The highest BCUT2D eigenvalue weighted by atomic mass is 79.9. The van der Waals surface area contributed by atoms with Crippen LogP contribution in [0.3, 0.4) is 0 Å². The van der Waals surface area contributed by atoms with Gasteiger partial charge in [-0.25, -0.2) is 14.4 Å². The minimum Gasteiger partial charge on any atom is -0.339 e. The van der Waals surface area contributed by atoms with Crippen LogP contribution in [0.25, 0.3) is 0 Å². The number of hydrogen-bond donors (Lipinski definition) is 1. The average Bonchev–Trinajstić information content (AvgIpc) is 2.36. The molecule has 1 aromatic carbocycles. The predicted molar refractivity (Wildman–Crippen MR) is 73.8 cm³/mol. The molecular weight excluding hydrogens is 321 g/mol. The first-order valence-corrected chi connectivity index (χ1v) is 6.50. The van der Waals surface area contributed by atoms with Gasteiger partial charge in [0.15, 0.2) is 5.82 Å². The number of nitrogens with zero attached hydrogens (tertiary/aromatic N) is 2. The SMILES string of the molecule is CCc1nc(Br)cnc1Nc1ccc(Cl)c(F)c1. The molecule has 0 radical (unpaired) electrons. The summed E-state index contributed by atoms with van der Waals surface area (Å²) in [5.41, 5.74) is 1.39. The van der Waals surface area contributed by atoms with Gasteiger partial charge in [0.1, 0.15) is 10.4 Å². The zero-order valence-corrected chi connectivity index (χ0v) is 11.9. The van der Waals surface area contributed by atoms with Crippen LogP contribution in [0.15, 0.2) is 29.0 Å².